The third kappa shape index (κ3) is 5.67. The number of carboxylic acids is 1. The number of aliphatic carboxylic acids is 1. The molecule has 11 heavy (non-hydrogen) atoms. The number of aliphatic hydroxyl groups is 1. The summed E-state index contributed by atoms with van der Waals surface area (Å²) in [7, 11) is 0. The Morgan fingerprint density at radius 3 is 2.09 bits per heavy atom. The first-order chi connectivity index (χ1) is 4.59. The Morgan fingerprint density at radius 1 is 1.55 bits per heavy atom. The first kappa shape index (κ1) is 14.0. The summed E-state index contributed by atoms with van der Waals surface area (Å²) >= 11 is 0. The van der Waals surface area contributed by atoms with Crippen molar-refractivity contribution in [2.24, 2.45) is 11.8 Å². The van der Waals surface area contributed by atoms with Crippen LogP contribution in [0.1, 0.15) is 20.3 Å². The second kappa shape index (κ2) is 7.10. The summed E-state index contributed by atoms with van der Waals surface area (Å²) in [6.07, 6.45) is 0.292. The van der Waals surface area contributed by atoms with Crippen LogP contribution in [0.5, 0.6) is 0 Å². The van der Waals surface area contributed by atoms with Crippen molar-refractivity contribution >= 4 is 5.97 Å². The third-order valence-corrected chi connectivity index (χ3v) is 1.55. The molecule has 0 saturated carbocycles. The summed E-state index contributed by atoms with van der Waals surface area (Å²) in [5.74, 6) is -1.54. The molecule has 0 aromatic carbocycles. The molecule has 0 heterocycles. The molecule has 0 aromatic heterocycles. The fourth-order valence-electron chi connectivity index (χ4n) is 0.862. The average Bonchev–Trinajstić information content (AvgIpc) is 1.81. The van der Waals surface area contributed by atoms with E-state index >= 15 is 0 Å². The van der Waals surface area contributed by atoms with Crippen LogP contribution in [0.3, 0.4) is 0 Å². The average molecular weight is 168 g/mol. The van der Waals surface area contributed by atoms with Gasteiger partial charge >= 0.3 is 29.6 Å². The molecule has 60 valence electrons. The van der Waals surface area contributed by atoms with Gasteiger partial charge in [0, 0.05) is 18.5 Å². The summed E-state index contributed by atoms with van der Waals surface area (Å²) in [6.45, 7) is 3.52. The zero-order valence-corrected chi connectivity index (χ0v) is 9.33. The van der Waals surface area contributed by atoms with Gasteiger partial charge in [0.05, 0.1) is 0 Å². The van der Waals surface area contributed by atoms with Crippen molar-refractivity contribution in [2.45, 2.75) is 20.3 Å². The van der Waals surface area contributed by atoms with Crippen LogP contribution in [0.15, 0.2) is 0 Å². The summed E-state index contributed by atoms with van der Waals surface area (Å²) < 4.78 is 0. The van der Waals surface area contributed by atoms with E-state index in [1.54, 1.807) is 13.8 Å². The molecule has 4 heteroatoms. The van der Waals surface area contributed by atoms with E-state index in [1.165, 1.54) is 0 Å². The summed E-state index contributed by atoms with van der Waals surface area (Å²) in [5.41, 5.74) is 0. The Morgan fingerprint density at radius 2 is 2.00 bits per heavy atom. The molecule has 0 fully saturated rings. The van der Waals surface area contributed by atoms with Crippen LogP contribution < -0.4 is 34.7 Å². The zero-order valence-electron chi connectivity index (χ0n) is 7.33. The van der Waals surface area contributed by atoms with Crippen LogP contribution in [0.2, 0.25) is 0 Å². The van der Waals surface area contributed by atoms with Crippen molar-refractivity contribution in [1.29, 1.82) is 0 Å². The van der Waals surface area contributed by atoms with E-state index in [4.69, 9.17) is 5.11 Å². The molecule has 0 saturated heterocycles. The van der Waals surface area contributed by atoms with Gasteiger partial charge in [0.1, 0.15) is 0 Å². The topological polar surface area (TPSA) is 60.4 Å². The van der Waals surface area contributed by atoms with Crippen molar-refractivity contribution in [3.63, 3.8) is 0 Å². The molecule has 1 N–H and O–H groups in total. The summed E-state index contributed by atoms with van der Waals surface area (Å²) in [5, 5.41) is 18.8. The number of aliphatic hydroxyl groups excluding tert-OH is 1. The van der Waals surface area contributed by atoms with E-state index in [0.29, 0.717) is 6.42 Å². The predicted octanol–water partition coefficient (Wildman–Crippen LogP) is -3.61. The van der Waals surface area contributed by atoms with Gasteiger partial charge in [0.2, 0.25) is 0 Å². The second-order valence-corrected chi connectivity index (χ2v) is 2.68. The minimum absolute atomic E-state index is 0. The van der Waals surface area contributed by atoms with Crippen LogP contribution >= 0.6 is 0 Å². The molecule has 3 nitrogen and oxygen atoms in total. The molecule has 1 atom stereocenters. The van der Waals surface area contributed by atoms with Crippen LogP contribution in [0, 0.1) is 11.8 Å². The van der Waals surface area contributed by atoms with Crippen molar-refractivity contribution in [1.82, 2.24) is 0 Å². The van der Waals surface area contributed by atoms with Gasteiger partial charge in [0.15, 0.2) is 0 Å². The van der Waals surface area contributed by atoms with Gasteiger partial charge in [-0.1, -0.05) is 13.8 Å². The van der Waals surface area contributed by atoms with E-state index < -0.39 is 11.9 Å². The first-order valence-electron chi connectivity index (χ1n) is 3.41. The minimum Gasteiger partial charge on any atom is -0.550 e. The molecule has 0 aromatic rings. The van der Waals surface area contributed by atoms with Crippen molar-refractivity contribution < 1.29 is 44.6 Å². The first-order valence-corrected chi connectivity index (χ1v) is 3.41. The van der Waals surface area contributed by atoms with Gasteiger partial charge < -0.3 is 15.0 Å². The van der Waals surface area contributed by atoms with Crippen molar-refractivity contribution in [3.05, 3.63) is 0 Å². The largest absolute Gasteiger partial charge is 1.00 e. The van der Waals surface area contributed by atoms with Crippen molar-refractivity contribution in [3.8, 4) is 0 Å². The predicted molar refractivity (Wildman–Crippen MR) is 35.0 cm³/mol. The smallest absolute Gasteiger partial charge is 0.550 e. The van der Waals surface area contributed by atoms with Crippen LogP contribution in [0.4, 0.5) is 0 Å². The van der Waals surface area contributed by atoms with Crippen LogP contribution in [0.25, 0.3) is 0 Å². The van der Waals surface area contributed by atoms with E-state index in [1.807, 2.05) is 0 Å². The molecule has 0 rings (SSSR count). The monoisotopic (exact) mass is 168 g/mol. The molecule has 0 amide bonds. The Kier molecular flexibility index (Phi) is 9.02. The number of rotatable bonds is 4. The molecular weight excluding hydrogens is 155 g/mol. The Hall–Kier alpha value is 0.430. The number of hydrogen-bond acceptors (Lipinski definition) is 3. The number of carbonyl (C=O) groups excluding carboxylic acids is 1. The molecule has 0 radical (unpaired) electrons. The SMILES string of the molecule is CC(C)[C@H](CCO)C(=O)[O-].[Na+]. The van der Waals surface area contributed by atoms with E-state index in [9.17, 15) is 9.90 Å². The number of carbonyl (C=O) groups is 1. The third-order valence-electron chi connectivity index (χ3n) is 1.55. The fourth-order valence-corrected chi connectivity index (χ4v) is 0.862. The van der Waals surface area contributed by atoms with Crippen LogP contribution in [-0.2, 0) is 4.79 Å². The van der Waals surface area contributed by atoms with Crippen molar-refractivity contribution in [2.75, 3.05) is 6.61 Å². The molecule has 0 aliphatic rings. The second-order valence-electron chi connectivity index (χ2n) is 2.68. The Balaban J connectivity index is 0. The molecule has 0 spiro atoms. The Bertz CT molecular complexity index is 114. The Labute approximate surface area is 89.1 Å². The molecule has 0 aliphatic carbocycles. The zero-order chi connectivity index (χ0) is 8.15. The van der Waals surface area contributed by atoms with Crippen LogP contribution in [-0.4, -0.2) is 17.7 Å². The fraction of sp³-hybridized carbons (Fsp3) is 0.857. The standard InChI is InChI=1S/C7H14O3.Na/c1-5(2)6(3-4-8)7(9)10;/h5-6,8H,3-4H2,1-2H3,(H,9,10);/q;+1/p-1/t6-;/m0./s1. The minimum atomic E-state index is -1.07. The number of hydrogen-bond donors (Lipinski definition) is 1. The van der Waals surface area contributed by atoms with E-state index in [2.05, 4.69) is 0 Å². The molecular formula is C7H13NaO3. The van der Waals surface area contributed by atoms with Gasteiger partial charge in [0.25, 0.3) is 0 Å². The molecule has 0 unspecified atom stereocenters. The quantitative estimate of drug-likeness (QED) is 0.441. The number of carboxylic acid groups (broad SMARTS) is 1. The maximum atomic E-state index is 10.3. The maximum absolute atomic E-state index is 10.3. The normalized spacial score (nSPS) is 12.4. The van der Waals surface area contributed by atoms with Gasteiger partial charge in [-0.2, -0.15) is 0 Å². The van der Waals surface area contributed by atoms with Gasteiger partial charge in [-0.05, 0) is 12.3 Å². The molecule has 0 aliphatic heterocycles. The summed E-state index contributed by atoms with van der Waals surface area (Å²) in [6, 6.07) is 0. The van der Waals surface area contributed by atoms with Gasteiger partial charge in [-0.3, -0.25) is 0 Å². The van der Waals surface area contributed by atoms with E-state index in [0.717, 1.165) is 0 Å². The van der Waals surface area contributed by atoms with Gasteiger partial charge in [-0.25, -0.2) is 0 Å². The van der Waals surface area contributed by atoms with Gasteiger partial charge in [-0.15, -0.1) is 0 Å². The molecule has 0 bridgehead atoms. The van der Waals surface area contributed by atoms with E-state index in [-0.39, 0.29) is 42.1 Å². The summed E-state index contributed by atoms with van der Waals surface area (Å²) in [4.78, 5) is 10.3. The maximum Gasteiger partial charge on any atom is 1.00 e.